The summed E-state index contributed by atoms with van der Waals surface area (Å²) in [7, 11) is 0. The molecule has 0 atom stereocenters. The molecule has 0 spiro atoms. The smallest absolute Gasteiger partial charge is 0.161 e. The topological polar surface area (TPSA) is 67.1 Å². The van der Waals surface area contributed by atoms with Crippen LogP contribution in [-0.4, -0.2) is 16.5 Å². The normalized spacial score (nSPS) is 10.4. The van der Waals surface area contributed by atoms with E-state index in [1.807, 2.05) is 42.2 Å². The van der Waals surface area contributed by atoms with Crippen LogP contribution in [0.25, 0.3) is 0 Å². The Kier molecular flexibility index (Phi) is 4.56. The van der Waals surface area contributed by atoms with Gasteiger partial charge in [0, 0.05) is 17.9 Å². The number of anilines is 5. The first-order valence-corrected chi connectivity index (χ1v) is 7.64. The van der Waals surface area contributed by atoms with Crippen molar-refractivity contribution >= 4 is 28.7 Å². The second kappa shape index (κ2) is 6.95. The number of para-hydroxylation sites is 1. The highest BCUT2D eigenvalue weighted by molar-refractivity contribution is 5.81. The summed E-state index contributed by atoms with van der Waals surface area (Å²) in [5.74, 6) is 0.822. The van der Waals surface area contributed by atoms with E-state index in [1.165, 1.54) is 18.5 Å². The first-order valence-electron chi connectivity index (χ1n) is 7.64. The number of nitrogens with two attached hydrogens (primary N) is 1. The average Bonchev–Trinajstić information content (AvgIpc) is 2.61. The zero-order valence-corrected chi connectivity index (χ0v) is 13.3. The Morgan fingerprint density at radius 3 is 2.42 bits per heavy atom. The number of rotatable bonds is 5. The fourth-order valence-corrected chi connectivity index (χ4v) is 2.43. The number of nitrogen functional groups attached to an aromatic ring is 1. The molecule has 0 saturated carbocycles. The number of halogens is 1. The van der Waals surface area contributed by atoms with Crippen molar-refractivity contribution in [2.45, 2.75) is 6.92 Å². The Morgan fingerprint density at radius 1 is 1.04 bits per heavy atom. The van der Waals surface area contributed by atoms with Crippen molar-refractivity contribution in [1.29, 1.82) is 0 Å². The molecule has 0 unspecified atom stereocenters. The molecule has 0 radical (unpaired) electrons. The molecule has 5 nitrogen and oxygen atoms in total. The monoisotopic (exact) mass is 323 g/mol. The fourth-order valence-electron chi connectivity index (χ4n) is 2.43. The van der Waals surface area contributed by atoms with Gasteiger partial charge in [-0.3, -0.25) is 0 Å². The second-order valence-electron chi connectivity index (χ2n) is 5.17. The van der Waals surface area contributed by atoms with Crippen LogP contribution in [0.5, 0.6) is 0 Å². The summed E-state index contributed by atoms with van der Waals surface area (Å²) in [6.07, 6.45) is 1.46. The molecule has 0 bridgehead atoms. The maximum atomic E-state index is 13.0. The number of benzene rings is 2. The van der Waals surface area contributed by atoms with Crippen LogP contribution in [0, 0.1) is 5.82 Å². The highest BCUT2D eigenvalue weighted by Gasteiger charge is 2.15. The van der Waals surface area contributed by atoms with Crippen LogP contribution in [0.4, 0.5) is 33.1 Å². The van der Waals surface area contributed by atoms with E-state index in [0.717, 1.165) is 5.69 Å². The number of hydrogen-bond donors (Lipinski definition) is 2. The molecule has 3 N–H and O–H groups in total. The Morgan fingerprint density at radius 2 is 1.75 bits per heavy atom. The van der Waals surface area contributed by atoms with Crippen LogP contribution in [0.15, 0.2) is 60.9 Å². The summed E-state index contributed by atoms with van der Waals surface area (Å²) in [5.41, 5.74) is 8.41. The van der Waals surface area contributed by atoms with Crippen molar-refractivity contribution in [3.8, 4) is 0 Å². The van der Waals surface area contributed by atoms with E-state index in [-0.39, 0.29) is 5.82 Å². The van der Waals surface area contributed by atoms with Gasteiger partial charge in [0.15, 0.2) is 11.6 Å². The summed E-state index contributed by atoms with van der Waals surface area (Å²) in [4.78, 5) is 10.5. The molecule has 0 aliphatic rings. The van der Waals surface area contributed by atoms with Crippen molar-refractivity contribution in [3.05, 3.63) is 66.7 Å². The molecule has 0 aliphatic heterocycles. The van der Waals surface area contributed by atoms with Gasteiger partial charge in [0.2, 0.25) is 0 Å². The third-order valence-electron chi connectivity index (χ3n) is 3.61. The van der Waals surface area contributed by atoms with Crippen LogP contribution >= 0.6 is 0 Å². The lowest BCUT2D eigenvalue weighted by Gasteiger charge is -2.24. The van der Waals surface area contributed by atoms with Crippen molar-refractivity contribution in [3.63, 3.8) is 0 Å². The van der Waals surface area contributed by atoms with Crippen molar-refractivity contribution in [2.24, 2.45) is 0 Å². The van der Waals surface area contributed by atoms with E-state index in [2.05, 4.69) is 15.3 Å². The van der Waals surface area contributed by atoms with Gasteiger partial charge >= 0.3 is 0 Å². The van der Waals surface area contributed by atoms with Crippen molar-refractivity contribution in [2.75, 3.05) is 22.5 Å². The van der Waals surface area contributed by atoms with Crippen LogP contribution < -0.4 is 16.0 Å². The second-order valence-corrected chi connectivity index (χ2v) is 5.17. The van der Waals surface area contributed by atoms with Crippen LogP contribution in [0.1, 0.15) is 6.92 Å². The van der Waals surface area contributed by atoms with Gasteiger partial charge in [0.1, 0.15) is 17.8 Å². The number of aromatic nitrogens is 2. The van der Waals surface area contributed by atoms with Crippen LogP contribution in [0.3, 0.4) is 0 Å². The van der Waals surface area contributed by atoms with E-state index in [4.69, 9.17) is 5.73 Å². The third kappa shape index (κ3) is 3.27. The van der Waals surface area contributed by atoms with E-state index in [9.17, 15) is 4.39 Å². The number of hydrogen-bond acceptors (Lipinski definition) is 5. The lowest BCUT2D eigenvalue weighted by Crippen LogP contribution is -2.19. The molecule has 2 aromatic carbocycles. The molecule has 1 aromatic heterocycles. The van der Waals surface area contributed by atoms with E-state index in [0.29, 0.717) is 29.6 Å². The molecule has 24 heavy (non-hydrogen) atoms. The number of nitrogens with one attached hydrogen (secondary N) is 1. The maximum Gasteiger partial charge on any atom is 0.161 e. The highest BCUT2D eigenvalue weighted by Crippen LogP contribution is 2.32. The predicted octanol–water partition coefficient (Wildman–Crippen LogP) is 4.10. The average molecular weight is 323 g/mol. The Bertz CT molecular complexity index is 805. The van der Waals surface area contributed by atoms with Gasteiger partial charge in [-0.25, -0.2) is 14.4 Å². The zero-order chi connectivity index (χ0) is 16.9. The summed E-state index contributed by atoms with van der Waals surface area (Å²) < 4.78 is 13.0. The summed E-state index contributed by atoms with van der Waals surface area (Å²) >= 11 is 0. The minimum atomic E-state index is -0.293. The molecule has 3 rings (SSSR count). The molecule has 0 saturated heterocycles. The summed E-state index contributed by atoms with van der Waals surface area (Å²) in [5, 5.41) is 3.10. The molecule has 0 amide bonds. The maximum absolute atomic E-state index is 13.0. The van der Waals surface area contributed by atoms with Crippen molar-refractivity contribution < 1.29 is 4.39 Å². The Balaban J connectivity index is 1.94. The SMILES string of the molecule is CCN(c1ccccc1)c1ncnc(Nc2ccc(F)cc2)c1N. The molecule has 6 heteroatoms. The zero-order valence-electron chi connectivity index (χ0n) is 13.3. The highest BCUT2D eigenvalue weighted by atomic mass is 19.1. The molecular weight excluding hydrogens is 305 g/mol. The fraction of sp³-hybridized carbons (Fsp3) is 0.111. The van der Waals surface area contributed by atoms with E-state index in [1.54, 1.807) is 12.1 Å². The van der Waals surface area contributed by atoms with E-state index >= 15 is 0 Å². The Labute approximate surface area is 140 Å². The molecular formula is C18H18FN5. The van der Waals surface area contributed by atoms with E-state index < -0.39 is 0 Å². The van der Waals surface area contributed by atoms with Gasteiger partial charge in [-0.05, 0) is 43.3 Å². The van der Waals surface area contributed by atoms with Crippen LogP contribution in [0.2, 0.25) is 0 Å². The first kappa shape index (κ1) is 15.7. The Hall–Kier alpha value is -3.15. The molecule has 3 aromatic rings. The van der Waals surface area contributed by atoms with Gasteiger partial charge < -0.3 is 16.0 Å². The minimum absolute atomic E-state index is 0.293. The first-order chi connectivity index (χ1) is 11.7. The quantitative estimate of drug-likeness (QED) is 0.740. The van der Waals surface area contributed by atoms with Crippen LogP contribution in [-0.2, 0) is 0 Å². The van der Waals surface area contributed by atoms with Gasteiger partial charge in [-0.15, -0.1) is 0 Å². The molecule has 122 valence electrons. The molecule has 1 heterocycles. The number of nitrogens with zero attached hydrogens (tertiary/aromatic N) is 3. The third-order valence-corrected chi connectivity index (χ3v) is 3.61. The van der Waals surface area contributed by atoms with Gasteiger partial charge in [0.05, 0.1) is 0 Å². The lowest BCUT2D eigenvalue weighted by molar-refractivity contribution is 0.628. The predicted molar refractivity (Wildman–Crippen MR) is 95.2 cm³/mol. The minimum Gasteiger partial charge on any atom is -0.393 e. The van der Waals surface area contributed by atoms with Gasteiger partial charge in [-0.1, -0.05) is 18.2 Å². The van der Waals surface area contributed by atoms with Crippen molar-refractivity contribution in [1.82, 2.24) is 9.97 Å². The molecule has 0 fully saturated rings. The summed E-state index contributed by atoms with van der Waals surface area (Å²) in [6, 6.07) is 15.9. The molecule has 0 aliphatic carbocycles. The standard InChI is InChI=1S/C18H18FN5/c1-2-24(15-6-4-3-5-7-15)18-16(20)17(21-12-22-18)23-14-10-8-13(19)9-11-14/h3-12H,2,20H2,1H3,(H,21,22,23). The summed E-state index contributed by atoms with van der Waals surface area (Å²) in [6.45, 7) is 2.74. The van der Waals surface area contributed by atoms with Gasteiger partial charge in [0.25, 0.3) is 0 Å². The lowest BCUT2D eigenvalue weighted by atomic mass is 10.2. The van der Waals surface area contributed by atoms with Gasteiger partial charge in [-0.2, -0.15) is 0 Å². The largest absolute Gasteiger partial charge is 0.393 e.